The minimum absolute atomic E-state index is 0.0136. The van der Waals surface area contributed by atoms with E-state index in [1.54, 1.807) is 6.20 Å². The Labute approximate surface area is 122 Å². The zero-order valence-electron chi connectivity index (χ0n) is 12.0. The molecule has 2 rings (SSSR count). The standard InChI is InChI=1S/C13H19N5OS/c1-13(2,3)11-8-20-12(15-11)4-10(19)7-18-6-9(5-14)16-17-18/h6,8H,4-5,7,14H2,1-3H3. The highest BCUT2D eigenvalue weighted by atomic mass is 32.1. The maximum atomic E-state index is 12.0. The number of hydrogen-bond donors (Lipinski definition) is 1. The second-order valence-corrected chi connectivity index (χ2v) is 6.65. The summed E-state index contributed by atoms with van der Waals surface area (Å²) in [6, 6.07) is 0. The predicted molar refractivity (Wildman–Crippen MR) is 77.4 cm³/mol. The van der Waals surface area contributed by atoms with Gasteiger partial charge in [-0.05, 0) is 0 Å². The van der Waals surface area contributed by atoms with Gasteiger partial charge in [-0.25, -0.2) is 9.67 Å². The minimum atomic E-state index is 0.0136. The topological polar surface area (TPSA) is 86.7 Å². The van der Waals surface area contributed by atoms with E-state index in [1.807, 2.05) is 5.38 Å². The van der Waals surface area contributed by atoms with Gasteiger partial charge in [0, 0.05) is 17.3 Å². The average Bonchev–Trinajstić information content (AvgIpc) is 2.97. The molecule has 0 bridgehead atoms. The lowest BCUT2D eigenvalue weighted by Gasteiger charge is -2.14. The van der Waals surface area contributed by atoms with E-state index in [1.165, 1.54) is 16.0 Å². The summed E-state index contributed by atoms with van der Waals surface area (Å²) in [7, 11) is 0. The van der Waals surface area contributed by atoms with E-state index in [0.29, 0.717) is 18.7 Å². The number of nitrogens with two attached hydrogens (primary N) is 1. The first kappa shape index (κ1) is 14.8. The molecule has 2 N–H and O–H groups in total. The average molecular weight is 293 g/mol. The predicted octanol–water partition coefficient (Wildman–Crippen LogP) is 1.30. The molecular weight excluding hydrogens is 274 g/mol. The van der Waals surface area contributed by atoms with Crippen LogP contribution in [0.25, 0.3) is 0 Å². The molecule has 0 aliphatic carbocycles. The van der Waals surface area contributed by atoms with Crippen LogP contribution in [0.15, 0.2) is 11.6 Å². The van der Waals surface area contributed by atoms with Gasteiger partial charge in [0.05, 0.1) is 24.0 Å². The molecule has 0 fully saturated rings. The van der Waals surface area contributed by atoms with Crippen LogP contribution in [0.3, 0.4) is 0 Å². The van der Waals surface area contributed by atoms with Gasteiger partial charge in [-0.2, -0.15) is 0 Å². The quantitative estimate of drug-likeness (QED) is 0.898. The maximum Gasteiger partial charge on any atom is 0.161 e. The first-order chi connectivity index (χ1) is 9.38. The van der Waals surface area contributed by atoms with Crippen molar-refractivity contribution >= 4 is 17.1 Å². The highest BCUT2D eigenvalue weighted by Gasteiger charge is 2.18. The van der Waals surface area contributed by atoms with Crippen molar-refractivity contribution in [1.29, 1.82) is 0 Å². The van der Waals surface area contributed by atoms with Crippen LogP contribution >= 0.6 is 11.3 Å². The lowest BCUT2D eigenvalue weighted by atomic mass is 9.93. The summed E-state index contributed by atoms with van der Waals surface area (Å²) in [6.07, 6.45) is 2.03. The molecule has 0 spiro atoms. The van der Waals surface area contributed by atoms with Crippen LogP contribution in [0.2, 0.25) is 0 Å². The van der Waals surface area contributed by atoms with Crippen LogP contribution in [0.4, 0.5) is 0 Å². The first-order valence-electron chi connectivity index (χ1n) is 6.44. The number of aromatic nitrogens is 4. The van der Waals surface area contributed by atoms with E-state index < -0.39 is 0 Å². The second-order valence-electron chi connectivity index (χ2n) is 5.70. The molecule has 0 aliphatic rings. The minimum Gasteiger partial charge on any atom is -0.325 e. The molecule has 0 saturated heterocycles. The Morgan fingerprint density at radius 1 is 1.45 bits per heavy atom. The van der Waals surface area contributed by atoms with Crippen LogP contribution in [-0.2, 0) is 29.7 Å². The van der Waals surface area contributed by atoms with Crippen molar-refractivity contribution in [3.05, 3.63) is 28.0 Å². The summed E-state index contributed by atoms with van der Waals surface area (Å²) < 4.78 is 1.52. The molecule has 2 heterocycles. The number of Topliss-reactive ketones (excluding diaryl/α,β-unsaturated/α-hetero) is 1. The van der Waals surface area contributed by atoms with Gasteiger partial charge in [0.1, 0.15) is 11.6 Å². The fourth-order valence-electron chi connectivity index (χ4n) is 1.65. The van der Waals surface area contributed by atoms with Crippen LogP contribution in [0, 0.1) is 0 Å². The summed E-state index contributed by atoms with van der Waals surface area (Å²) in [5, 5.41) is 10.6. The van der Waals surface area contributed by atoms with Crippen molar-refractivity contribution < 1.29 is 4.79 Å². The van der Waals surface area contributed by atoms with Crippen molar-refractivity contribution in [2.45, 2.75) is 45.7 Å². The number of carbonyl (C=O) groups is 1. The van der Waals surface area contributed by atoms with Gasteiger partial charge >= 0.3 is 0 Å². The van der Waals surface area contributed by atoms with Crippen molar-refractivity contribution in [3.63, 3.8) is 0 Å². The van der Waals surface area contributed by atoms with Crippen LogP contribution in [0.5, 0.6) is 0 Å². The molecule has 0 unspecified atom stereocenters. The summed E-state index contributed by atoms with van der Waals surface area (Å²) in [5.41, 5.74) is 7.17. The van der Waals surface area contributed by atoms with Crippen LogP contribution < -0.4 is 5.73 Å². The summed E-state index contributed by atoms with van der Waals surface area (Å²) in [6.45, 7) is 6.86. The Kier molecular flexibility index (Phi) is 4.29. The third-order valence-corrected chi connectivity index (χ3v) is 3.65. The van der Waals surface area contributed by atoms with Gasteiger partial charge in [0.2, 0.25) is 0 Å². The largest absolute Gasteiger partial charge is 0.325 e. The molecule has 7 heteroatoms. The molecule has 0 radical (unpaired) electrons. The van der Waals surface area contributed by atoms with Gasteiger partial charge in [0.15, 0.2) is 5.78 Å². The van der Waals surface area contributed by atoms with E-state index >= 15 is 0 Å². The lowest BCUT2D eigenvalue weighted by Crippen LogP contribution is -2.14. The maximum absolute atomic E-state index is 12.0. The number of thiazole rings is 1. The summed E-state index contributed by atoms with van der Waals surface area (Å²) >= 11 is 1.53. The Bertz CT molecular complexity index is 596. The zero-order chi connectivity index (χ0) is 14.8. The number of hydrogen-bond acceptors (Lipinski definition) is 6. The number of carbonyl (C=O) groups excluding carboxylic acids is 1. The van der Waals surface area contributed by atoms with E-state index in [9.17, 15) is 4.79 Å². The highest BCUT2D eigenvalue weighted by Crippen LogP contribution is 2.24. The Morgan fingerprint density at radius 3 is 2.75 bits per heavy atom. The lowest BCUT2D eigenvalue weighted by molar-refractivity contribution is -0.119. The Morgan fingerprint density at radius 2 is 2.20 bits per heavy atom. The molecule has 108 valence electrons. The molecule has 2 aromatic rings. The first-order valence-corrected chi connectivity index (χ1v) is 7.32. The van der Waals surface area contributed by atoms with Crippen molar-refractivity contribution in [2.24, 2.45) is 5.73 Å². The van der Waals surface area contributed by atoms with Crippen molar-refractivity contribution in [1.82, 2.24) is 20.0 Å². The van der Waals surface area contributed by atoms with Crippen molar-refractivity contribution in [3.8, 4) is 0 Å². The van der Waals surface area contributed by atoms with Crippen molar-refractivity contribution in [2.75, 3.05) is 0 Å². The van der Waals surface area contributed by atoms with E-state index in [-0.39, 0.29) is 17.7 Å². The molecule has 6 nitrogen and oxygen atoms in total. The fraction of sp³-hybridized carbons (Fsp3) is 0.538. The highest BCUT2D eigenvalue weighted by molar-refractivity contribution is 7.09. The number of nitrogens with zero attached hydrogens (tertiary/aromatic N) is 4. The van der Waals surface area contributed by atoms with Gasteiger partial charge in [-0.3, -0.25) is 4.79 Å². The normalized spacial score (nSPS) is 11.8. The summed E-state index contributed by atoms with van der Waals surface area (Å²) in [4.78, 5) is 16.5. The number of ketones is 1. The Hall–Kier alpha value is -1.60. The smallest absolute Gasteiger partial charge is 0.161 e. The molecule has 20 heavy (non-hydrogen) atoms. The third kappa shape index (κ3) is 3.71. The van der Waals surface area contributed by atoms with E-state index in [0.717, 1.165) is 10.7 Å². The van der Waals surface area contributed by atoms with Crippen LogP contribution in [0.1, 0.15) is 37.2 Å². The molecule has 0 atom stereocenters. The SMILES string of the molecule is CC(C)(C)c1csc(CC(=O)Cn2cc(CN)nn2)n1. The molecule has 0 amide bonds. The van der Waals surface area contributed by atoms with Gasteiger partial charge in [-0.1, -0.05) is 26.0 Å². The monoisotopic (exact) mass is 293 g/mol. The van der Waals surface area contributed by atoms with Gasteiger partial charge < -0.3 is 5.73 Å². The molecular formula is C13H19N5OS. The van der Waals surface area contributed by atoms with E-state index in [2.05, 4.69) is 36.1 Å². The second kappa shape index (κ2) is 5.80. The molecule has 0 aliphatic heterocycles. The summed E-state index contributed by atoms with van der Waals surface area (Å²) in [5.74, 6) is 0.0632. The fourth-order valence-corrected chi connectivity index (χ4v) is 2.70. The zero-order valence-corrected chi connectivity index (χ0v) is 12.8. The molecule has 0 aromatic carbocycles. The van der Waals surface area contributed by atoms with Crippen LogP contribution in [-0.4, -0.2) is 25.8 Å². The van der Waals surface area contributed by atoms with Gasteiger partial charge in [-0.15, -0.1) is 16.4 Å². The third-order valence-electron chi connectivity index (χ3n) is 2.80. The molecule has 2 aromatic heterocycles. The number of rotatable bonds is 5. The Balaban J connectivity index is 1.96. The molecule has 0 saturated carbocycles. The van der Waals surface area contributed by atoms with E-state index in [4.69, 9.17) is 5.73 Å². The van der Waals surface area contributed by atoms with Gasteiger partial charge in [0.25, 0.3) is 0 Å².